The molecule has 9 heteroatoms. The number of nitrogens with zero attached hydrogens (tertiary/aromatic N) is 1. The number of carbonyl (C=O) groups is 1. The fraction of sp³-hybridized carbons (Fsp3) is 0.188. The molecule has 0 saturated carbocycles. The molecule has 1 amide bonds. The molecule has 2 atom stereocenters. The summed E-state index contributed by atoms with van der Waals surface area (Å²) in [6, 6.07) is 8.45. The van der Waals surface area contributed by atoms with Gasteiger partial charge in [0.05, 0.1) is 28.2 Å². The molecule has 3 N–H and O–H groups in total. The zero-order valence-corrected chi connectivity index (χ0v) is 14.2. The molecule has 0 bridgehead atoms. The third-order valence-electron chi connectivity index (χ3n) is 3.52. The van der Waals surface area contributed by atoms with E-state index in [-0.39, 0.29) is 16.3 Å². The Kier molecular flexibility index (Phi) is 6.33. The number of nitro groups is 1. The lowest BCUT2D eigenvalue weighted by molar-refractivity contribution is -0.384. The van der Waals surface area contributed by atoms with E-state index in [9.17, 15) is 25.1 Å². The Morgan fingerprint density at radius 1 is 1.20 bits per heavy atom. The van der Waals surface area contributed by atoms with E-state index >= 15 is 0 Å². The summed E-state index contributed by atoms with van der Waals surface area (Å²) in [5, 5.41) is 33.4. The van der Waals surface area contributed by atoms with Crippen molar-refractivity contribution in [2.45, 2.75) is 12.1 Å². The van der Waals surface area contributed by atoms with Crippen molar-refractivity contribution in [3.8, 4) is 0 Å². The van der Waals surface area contributed by atoms with E-state index in [4.69, 9.17) is 23.2 Å². The SMILES string of the molecule is O=C(N[C@H](CO)[C@@H](O)c1ccc([N+](=O)[O-])cc1)c1ccc(Cl)cc1Cl. The van der Waals surface area contributed by atoms with Crippen LogP contribution in [0.25, 0.3) is 0 Å². The minimum atomic E-state index is -1.26. The number of carbonyl (C=O) groups excluding carboxylic acids is 1. The molecular weight excluding hydrogens is 371 g/mol. The first-order valence-corrected chi connectivity index (χ1v) is 7.88. The van der Waals surface area contributed by atoms with Crippen LogP contribution in [0.4, 0.5) is 5.69 Å². The van der Waals surface area contributed by atoms with Crippen LogP contribution in [-0.2, 0) is 0 Å². The Morgan fingerprint density at radius 3 is 2.36 bits per heavy atom. The fourth-order valence-corrected chi connectivity index (χ4v) is 2.66. The molecule has 0 radical (unpaired) electrons. The lowest BCUT2D eigenvalue weighted by Crippen LogP contribution is -2.42. The van der Waals surface area contributed by atoms with Gasteiger partial charge in [-0.15, -0.1) is 0 Å². The van der Waals surface area contributed by atoms with Gasteiger partial charge in [-0.1, -0.05) is 23.2 Å². The largest absolute Gasteiger partial charge is 0.394 e. The molecule has 0 fully saturated rings. The Balaban J connectivity index is 2.15. The van der Waals surface area contributed by atoms with Gasteiger partial charge in [-0.05, 0) is 35.9 Å². The third kappa shape index (κ3) is 4.67. The van der Waals surface area contributed by atoms with E-state index in [1.54, 1.807) is 0 Å². The lowest BCUT2D eigenvalue weighted by Gasteiger charge is -2.22. The van der Waals surface area contributed by atoms with Crippen molar-refractivity contribution in [2.24, 2.45) is 0 Å². The van der Waals surface area contributed by atoms with Crippen molar-refractivity contribution in [2.75, 3.05) is 6.61 Å². The quantitative estimate of drug-likeness (QED) is 0.523. The molecule has 0 aliphatic carbocycles. The highest BCUT2D eigenvalue weighted by atomic mass is 35.5. The van der Waals surface area contributed by atoms with E-state index in [0.717, 1.165) is 0 Å². The second-order valence-corrected chi connectivity index (χ2v) is 6.02. The minimum Gasteiger partial charge on any atom is -0.394 e. The maximum atomic E-state index is 12.3. The number of aliphatic hydroxyl groups is 2. The number of nitrogens with one attached hydrogen (secondary N) is 1. The first-order valence-electron chi connectivity index (χ1n) is 7.12. The normalized spacial score (nSPS) is 13.1. The number of benzene rings is 2. The molecule has 25 heavy (non-hydrogen) atoms. The highest BCUT2D eigenvalue weighted by molar-refractivity contribution is 6.36. The topological polar surface area (TPSA) is 113 Å². The van der Waals surface area contributed by atoms with Crippen molar-refractivity contribution in [3.63, 3.8) is 0 Å². The highest BCUT2D eigenvalue weighted by Crippen LogP contribution is 2.23. The van der Waals surface area contributed by atoms with Gasteiger partial charge in [0.15, 0.2) is 0 Å². The van der Waals surface area contributed by atoms with Crippen LogP contribution >= 0.6 is 23.2 Å². The van der Waals surface area contributed by atoms with E-state index in [2.05, 4.69) is 5.32 Å². The molecule has 7 nitrogen and oxygen atoms in total. The minimum absolute atomic E-state index is 0.131. The number of hydrogen-bond acceptors (Lipinski definition) is 5. The maximum absolute atomic E-state index is 12.3. The molecule has 0 heterocycles. The Bertz CT molecular complexity index is 783. The number of amides is 1. The van der Waals surface area contributed by atoms with Crippen molar-refractivity contribution in [1.29, 1.82) is 0 Å². The molecule has 2 rings (SSSR count). The van der Waals surface area contributed by atoms with Crippen LogP contribution in [-0.4, -0.2) is 33.7 Å². The zero-order chi connectivity index (χ0) is 18.6. The highest BCUT2D eigenvalue weighted by Gasteiger charge is 2.24. The summed E-state index contributed by atoms with van der Waals surface area (Å²) in [4.78, 5) is 22.4. The molecule has 0 unspecified atom stereocenters. The molecule has 0 aliphatic rings. The van der Waals surface area contributed by atoms with E-state index in [1.165, 1.54) is 42.5 Å². The van der Waals surface area contributed by atoms with Gasteiger partial charge in [-0.25, -0.2) is 0 Å². The van der Waals surface area contributed by atoms with Gasteiger partial charge in [-0.3, -0.25) is 14.9 Å². The predicted molar refractivity (Wildman–Crippen MR) is 92.9 cm³/mol. The second kappa shape index (κ2) is 8.26. The summed E-state index contributed by atoms with van der Waals surface area (Å²) in [5.41, 5.74) is 0.320. The molecule has 2 aromatic carbocycles. The van der Waals surface area contributed by atoms with Gasteiger partial charge < -0.3 is 15.5 Å². The molecule has 0 aromatic heterocycles. The van der Waals surface area contributed by atoms with E-state index in [0.29, 0.717) is 10.6 Å². The standard InChI is InChI=1S/C16H14Cl2N2O5/c17-10-3-6-12(13(18)7-10)16(23)19-14(8-21)15(22)9-1-4-11(5-2-9)20(24)25/h1-7,14-15,21-22H,8H2,(H,19,23)/t14-,15+/m1/s1. The van der Waals surface area contributed by atoms with Gasteiger partial charge in [0.1, 0.15) is 6.10 Å². The number of nitro benzene ring substituents is 1. The lowest BCUT2D eigenvalue weighted by atomic mass is 10.0. The van der Waals surface area contributed by atoms with Gasteiger partial charge in [0.25, 0.3) is 11.6 Å². The van der Waals surface area contributed by atoms with Crippen molar-refractivity contribution in [1.82, 2.24) is 5.32 Å². The summed E-state index contributed by atoms with van der Waals surface area (Å²) >= 11 is 11.7. The van der Waals surface area contributed by atoms with Gasteiger partial charge in [-0.2, -0.15) is 0 Å². The van der Waals surface area contributed by atoms with Crippen LogP contribution in [0.5, 0.6) is 0 Å². The van der Waals surface area contributed by atoms with Crippen LogP contribution in [0.15, 0.2) is 42.5 Å². The third-order valence-corrected chi connectivity index (χ3v) is 4.06. The van der Waals surface area contributed by atoms with Crippen LogP contribution in [0.3, 0.4) is 0 Å². The van der Waals surface area contributed by atoms with Crippen LogP contribution in [0, 0.1) is 10.1 Å². The summed E-state index contributed by atoms with van der Waals surface area (Å²) in [5.74, 6) is -0.596. The summed E-state index contributed by atoms with van der Waals surface area (Å²) in [6.07, 6.45) is -1.26. The van der Waals surface area contributed by atoms with E-state index < -0.39 is 29.6 Å². The average Bonchev–Trinajstić information content (AvgIpc) is 2.58. The number of hydrogen-bond donors (Lipinski definition) is 3. The predicted octanol–water partition coefficient (Wildman–Crippen LogP) is 2.73. The van der Waals surface area contributed by atoms with Crippen LogP contribution in [0.1, 0.15) is 22.0 Å². The van der Waals surface area contributed by atoms with Gasteiger partial charge in [0, 0.05) is 17.2 Å². The zero-order valence-electron chi connectivity index (χ0n) is 12.7. The molecule has 2 aromatic rings. The van der Waals surface area contributed by atoms with Gasteiger partial charge in [0.2, 0.25) is 0 Å². The summed E-state index contributed by atoms with van der Waals surface area (Å²) < 4.78 is 0. The number of aliphatic hydroxyl groups excluding tert-OH is 2. The maximum Gasteiger partial charge on any atom is 0.269 e. The summed E-state index contributed by atoms with van der Waals surface area (Å²) in [6.45, 7) is -0.547. The van der Waals surface area contributed by atoms with Gasteiger partial charge >= 0.3 is 0 Å². The van der Waals surface area contributed by atoms with Crippen molar-refractivity contribution in [3.05, 3.63) is 73.8 Å². The van der Waals surface area contributed by atoms with Crippen LogP contribution < -0.4 is 5.32 Å². The van der Waals surface area contributed by atoms with Crippen molar-refractivity contribution < 1.29 is 19.9 Å². The number of rotatable bonds is 6. The fourth-order valence-electron chi connectivity index (χ4n) is 2.17. The molecule has 0 saturated heterocycles. The number of non-ortho nitro benzene ring substituents is 1. The first kappa shape index (κ1) is 19.1. The van der Waals surface area contributed by atoms with Crippen molar-refractivity contribution >= 4 is 34.8 Å². The van der Waals surface area contributed by atoms with Crippen LogP contribution in [0.2, 0.25) is 10.0 Å². The van der Waals surface area contributed by atoms with E-state index in [1.807, 2.05) is 0 Å². The average molecular weight is 385 g/mol. The monoisotopic (exact) mass is 384 g/mol. The smallest absolute Gasteiger partial charge is 0.269 e. The Labute approximate surface area is 153 Å². The first-order chi connectivity index (χ1) is 11.8. The Hall–Kier alpha value is -2.19. The number of halogens is 2. The summed E-state index contributed by atoms with van der Waals surface area (Å²) in [7, 11) is 0. The molecule has 132 valence electrons. The second-order valence-electron chi connectivity index (χ2n) is 5.18. The Morgan fingerprint density at radius 2 is 1.84 bits per heavy atom. The molecular formula is C16H14Cl2N2O5. The molecule has 0 aliphatic heterocycles. The molecule has 0 spiro atoms.